The fourth-order valence-electron chi connectivity index (χ4n) is 10.0. The third-order valence-corrected chi connectivity index (χ3v) is 14.1. The highest BCUT2D eigenvalue weighted by molar-refractivity contribution is 14.1. The van der Waals surface area contributed by atoms with Crippen LogP contribution in [0.15, 0.2) is 194 Å². The molecule has 2 aliphatic carbocycles. The Hall–Kier alpha value is -7.63. The molecule has 0 amide bonds. The molecule has 0 bridgehead atoms. The second kappa shape index (κ2) is 17.0. The number of halogens is 1. The van der Waals surface area contributed by atoms with Gasteiger partial charge < -0.3 is 9.55 Å². The van der Waals surface area contributed by atoms with Crippen LogP contribution in [0.1, 0.15) is 49.9 Å². The number of hydrogen-bond donors (Lipinski definition) is 1. The summed E-state index contributed by atoms with van der Waals surface area (Å²) in [5.41, 5.74) is 17.6. The van der Waals surface area contributed by atoms with Crippen LogP contribution in [-0.4, -0.2) is 19.4 Å². The Bertz CT molecular complexity index is 3580. The SMILES string of the molecule is CC1(C)c2ccccc2-c2ccc(-n3ccc4cc(-c5ccccc5[N+](=O)[O-])ccc43)cc21.CC1(C)c2ccccc2-c2ccc(I)cc21.O=[N+]([O-])c1ccccc1-c1ccc2[nH]ccc2c1. The standard InChI is InChI=1S/C29H22N2O2.C15H13I.C14H10N2O2/c1-29(2)25-9-5-3-8-23(25)24-13-12-21(18-26(24)29)30-16-15-20-17-19(11-14-27(20)30)22-7-4-6-10-28(22)31(32)33;1-15(2)13-6-4-3-5-11(13)12-8-7-10(16)9-14(12)15;17-16(18)14-4-2-1-3-12(14)10-5-6-13-11(9-10)7-8-15-13/h3-18H,1-2H3;3-9H,1-2H3;1-9,15H. The van der Waals surface area contributed by atoms with Crippen molar-refractivity contribution in [3.05, 3.63) is 240 Å². The molecule has 67 heavy (non-hydrogen) atoms. The van der Waals surface area contributed by atoms with Crippen LogP contribution >= 0.6 is 22.6 Å². The Morgan fingerprint density at radius 3 is 1.57 bits per heavy atom. The molecule has 2 aromatic heterocycles. The van der Waals surface area contributed by atoms with Crippen LogP contribution in [0, 0.1) is 23.8 Å². The first-order valence-electron chi connectivity index (χ1n) is 22.1. The first-order chi connectivity index (χ1) is 32.3. The van der Waals surface area contributed by atoms with Gasteiger partial charge in [-0.25, -0.2) is 0 Å². The lowest BCUT2D eigenvalue weighted by Gasteiger charge is -2.22. The predicted octanol–water partition coefficient (Wildman–Crippen LogP) is 15.9. The average molecular weight is 989 g/mol. The maximum absolute atomic E-state index is 11.5. The monoisotopic (exact) mass is 988 g/mol. The van der Waals surface area contributed by atoms with Crippen LogP contribution in [0.3, 0.4) is 0 Å². The number of hydrogen-bond acceptors (Lipinski definition) is 4. The Balaban J connectivity index is 0.000000130. The van der Waals surface area contributed by atoms with Crippen LogP contribution in [-0.2, 0) is 10.8 Å². The van der Waals surface area contributed by atoms with Gasteiger partial charge in [0.1, 0.15) is 0 Å². The second-order valence-electron chi connectivity index (χ2n) is 18.0. The van der Waals surface area contributed by atoms with Gasteiger partial charge in [0.25, 0.3) is 11.4 Å². The Morgan fingerprint density at radius 2 is 0.970 bits per heavy atom. The molecule has 1 N–H and O–H groups in total. The molecule has 0 atom stereocenters. The van der Waals surface area contributed by atoms with Gasteiger partial charge in [-0.15, -0.1) is 0 Å². The Kier molecular flexibility index (Phi) is 11.0. The molecule has 12 rings (SSSR count). The highest BCUT2D eigenvalue weighted by Crippen LogP contribution is 2.50. The number of benzene rings is 8. The minimum Gasteiger partial charge on any atom is -0.361 e. The maximum Gasteiger partial charge on any atom is 0.277 e. The lowest BCUT2D eigenvalue weighted by molar-refractivity contribution is -0.384. The van der Waals surface area contributed by atoms with Crippen molar-refractivity contribution < 1.29 is 9.85 Å². The van der Waals surface area contributed by atoms with Gasteiger partial charge in [0, 0.05) is 55.5 Å². The summed E-state index contributed by atoms with van der Waals surface area (Å²) in [6.45, 7) is 9.20. The van der Waals surface area contributed by atoms with Crippen molar-refractivity contribution in [3.63, 3.8) is 0 Å². The van der Waals surface area contributed by atoms with E-state index in [4.69, 9.17) is 0 Å². The zero-order valence-electron chi connectivity index (χ0n) is 37.3. The van der Waals surface area contributed by atoms with Crippen molar-refractivity contribution in [2.24, 2.45) is 0 Å². The largest absolute Gasteiger partial charge is 0.361 e. The summed E-state index contributed by atoms with van der Waals surface area (Å²) in [6, 6.07) is 60.4. The van der Waals surface area contributed by atoms with Gasteiger partial charge in [-0.05, 0) is 156 Å². The van der Waals surface area contributed by atoms with Crippen LogP contribution in [0.25, 0.3) is 72.0 Å². The average Bonchev–Trinajstić information content (AvgIpc) is 4.10. The molecule has 10 aromatic rings. The highest BCUT2D eigenvalue weighted by atomic mass is 127. The molecule has 0 spiro atoms. The number of fused-ring (bicyclic) bond motifs is 8. The summed E-state index contributed by atoms with van der Waals surface area (Å²) in [6.07, 6.45) is 3.93. The van der Waals surface area contributed by atoms with E-state index in [1.54, 1.807) is 30.3 Å². The van der Waals surface area contributed by atoms with Gasteiger partial charge >= 0.3 is 0 Å². The second-order valence-corrected chi connectivity index (χ2v) is 19.3. The summed E-state index contributed by atoms with van der Waals surface area (Å²) in [5, 5.41) is 24.6. The van der Waals surface area contributed by atoms with Crippen LogP contribution in [0.2, 0.25) is 0 Å². The molecule has 328 valence electrons. The van der Waals surface area contributed by atoms with E-state index in [1.807, 2.05) is 54.7 Å². The number of para-hydroxylation sites is 2. The lowest BCUT2D eigenvalue weighted by atomic mass is 9.82. The van der Waals surface area contributed by atoms with Crippen LogP contribution in [0.4, 0.5) is 11.4 Å². The number of H-pyrrole nitrogens is 1. The molecule has 2 aliphatic rings. The van der Waals surface area contributed by atoms with Gasteiger partial charge in [-0.2, -0.15) is 0 Å². The van der Waals surface area contributed by atoms with Gasteiger partial charge in [0.15, 0.2) is 0 Å². The molecule has 0 saturated heterocycles. The van der Waals surface area contributed by atoms with Crippen molar-refractivity contribution in [2.75, 3.05) is 0 Å². The smallest absolute Gasteiger partial charge is 0.277 e. The number of nitrogens with zero attached hydrogens (tertiary/aromatic N) is 3. The number of nitro benzene ring substituents is 2. The molecule has 0 unspecified atom stereocenters. The summed E-state index contributed by atoms with van der Waals surface area (Å²) in [4.78, 5) is 24.9. The van der Waals surface area contributed by atoms with Crippen molar-refractivity contribution >= 4 is 55.8 Å². The van der Waals surface area contributed by atoms with E-state index in [-0.39, 0.29) is 32.1 Å². The molecule has 8 nitrogen and oxygen atoms in total. The van der Waals surface area contributed by atoms with E-state index in [9.17, 15) is 20.2 Å². The van der Waals surface area contributed by atoms with Crippen molar-refractivity contribution in [1.82, 2.24) is 9.55 Å². The van der Waals surface area contributed by atoms with Gasteiger partial charge in [-0.1, -0.05) is 125 Å². The van der Waals surface area contributed by atoms with E-state index < -0.39 is 0 Å². The summed E-state index contributed by atoms with van der Waals surface area (Å²) >= 11 is 2.39. The van der Waals surface area contributed by atoms with Crippen LogP contribution in [0.5, 0.6) is 0 Å². The van der Waals surface area contributed by atoms with Crippen molar-refractivity contribution in [1.29, 1.82) is 0 Å². The molecule has 2 heterocycles. The van der Waals surface area contributed by atoms with Gasteiger partial charge in [-0.3, -0.25) is 20.2 Å². The molecule has 8 aromatic carbocycles. The molecule has 0 radical (unpaired) electrons. The summed E-state index contributed by atoms with van der Waals surface area (Å²) < 4.78 is 3.51. The lowest BCUT2D eigenvalue weighted by Crippen LogP contribution is -2.15. The normalized spacial score (nSPS) is 13.3. The highest BCUT2D eigenvalue weighted by Gasteiger charge is 2.36. The fraction of sp³-hybridized carbons (Fsp3) is 0.103. The first-order valence-corrected chi connectivity index (χ1v) is 23.2. The Labute approximate surface area is 402 Å². The minimum atomic E-state index is -0.351. The number of nitrogens with one attached hydrogen (secondary N) is 1. The topological polar surface area (TPSA) is 107 Å². The molecule has 0 saturated carbocycles. The zero-order chi connectivity index (χ0) is 46.6. The fourth-order valence-corrected chi connectivity index (χ4v) is 10.5. The molecular formula is C58H45IN4O4. The third kappa shape index (κ3) is 7.68. The summed E-state index contributed by atoms with van der Waals surface area (Å²) in [7, 11) is 0. The maximum atomic E-state index is 11.5. The van der Waals surface area contributed by atoms with E-state index in [0.717, 1.165) is 38.6 Å². The first kappa shape index (κ1) is 43.3. The van der Waals surface area contributed by atoms with E-state index in [0.29, 0.717) is 11.1 Å². The molecule has 9 heteroatoms. The number of nitro groups is 2. The van der Waals surface area contributed by atoms with Crippen molar-refractivity contribution in [2.45, 2.75) is 38.5 Å². The zero-order valence-corrected chi connectivity index (χ0v) is 39.5. The van der Waals surface area contributed by atoms with E-state index in [2.05, 4.69) is 163 Å². The Morgan fingerprint density at radius 1 is 0.478 bits per heavy atom. The molecular weight excluding hydrogens is 944 g/mol. The molecule has 0 fully saturated rings. The van der Waals surface area contributed by atoms with Crippen LogP contribution < -0.4 is 0 Å². The number of aromatic nitrogens is 2. The van der Waals surface area contributed by atoms with E-state index in [1.165, 1.54) is 54.1 Å². The van der Waals surface area contributed by atoms with Crippen molar-refractivity contribution in [3.8, 4) is 50.2 Å². The minimum absolute atomic E-state index is 0.0513. The van der Waals surface area contributed by atoms with Gasteiger partial charge in [0.05, 0.1) is 26.5 Å². The number of aromatic amines is 1. The van der Waals surface area contributed by atoms with E-state index >= 15 is 0 Å². The predicted molar refractivity (Wildman–Crippen MR) is 280 cm³/mol. The summed E-state index contributed by atoms with van der Waals surface area (Å²) in [5.74, 6) is 0. The third-order valence-electron chi connectivity index (χ3n) is 13.5. The quantitative estimate of drug-likeness (QED) is 0.105. The van der Waals surface area contributed by atoms with Gasteiger partial charge in [0.2, 0.25) is 0 Å². The number of rotatable bonds is 5. The molecule has 0 aliphatic heterocycles.